The van der Waals surface area contributed by atoms with Gasteiger partial charge in [0, 0.05) is 26.3 Å². The van der Waals surface area contributed by atoms with E-state index in [2.05, 4.69) is 5.10 Å². The number of carboxylic acid groups (broad SMARTS) is 1. The number of nitrogens with zero attached hydrogens (tertiary/aromatic N) is 3. The Morgan fingerprint density at radius 1 is 0.962 bits per heavy atom. The molecule has 1 heterocycles. The highest BCUT2D eigenvalue weighted by Crippen LogP contribution is 2.16. The standard InChI is InChI=1S/C20H19N3O3/c1-22-14-17(20(25)26)18(21-22)19(24)23(12-15-8-4-2-5-9-15)13-16-10-6-3-7-11-16/h2-11,14H,12-13H2,1H3,(H,25,26). The number of amides is 1. The maximum absolute atomic E-state index is 13.1. The van der Waals surface area contributed by atoms with Gasteiger partial charge in [0.2, 0.25) is 0 Å². The summed E-state index contributed by atoms with van der Waals surface area (Å²) in [4.78, 5) is 26.1. The molecule has 132 valence electrons. The Balaban J connectivity index is 1.94. The first-order valence-electron chi connectivity index (χ1n) is 8.18. The topological polar surface area (TPSA) is 75.4 Å². The number of carbonyl (C=O) groups excluding carboxylic acids is 1. The van der Waals surface area contributed by atoms with Crippen molar-refractivity contribution in [3.63, 3.8) is 0 Å². The van der Waals surface area contributed by atoms with Crippen molar-refractivity contribution in [1.82, 2.24) is 14.7 Å². The minimum absolute atomic E-state index is 0.0492. The number of carboxylic acids is 1. The van der Waals surface area contributed by atoms with E-state index in [1.807, 2.05) is 60.7 Å². The summed E-state index contributed by atoms with van der Waals surface area (Å²) >= 11 is 0. The number of hydrogen-bond acceptors (Lipinski definition) is 3. The van der Waals surface area contributed by atoms with Crippen LogP contribution in [-0.4, -0.2) is 31.7 Å². The van der Waals surface area contributed by atoms with Gasteiger partial charge in [0.25, 0.3) is 5.91 Å². The van der Waals surface area contributed by atoms with Gasteiger partial charge in [-0.05, 0) is 11.1 Å². The fourth-order valence-corrected chi connectivity index (χ4v) is 2.76. The molecule has 26 heavy (non-hydrogen) atoms. The molecule has 1 aromatic heterocycles. The summed E-state index contributed by atoms with van der Waals surface area (Å²) in [7, 11) is 1.60. The van der Waals surface area contributed by atoms with Crippen molar-refractivity contribution in [2.75, 3.05) is 0 Å². The predicted molar refractivity (Wildman–Crippen MR) is 96.6 cm³/mol. The fraction of sp³-hybridized carbons (Fsp3) is 0.150. The van der Waals surface area contributed by atoms with E-state index in [-0.39, 0.29) is 11.3 Å². The van der Waals surface area contributed by atoms with Crippen LogP contribution >= 0.6 is 0 Å². The third kappa shape index (κ3) is 3.97. The van der Waals surface area contributed by atoms with Gasteiger partial charge in [-0.25, -0.2) is 4.79 Å². The second-order valence-corrected chi connectivity index (χ2v) is 6.00. The highest BCUT2D eigenvalue weighted by atomic mass is 16.4. The van der Waals surface area contributed by atoms with Gasteiger partial charge in [0.1, 0.15) is 5.56 Å². The van der Waals surface area contributed by atoms with Crippen molar-refractivity contribution >= 4 is 11.9 Å². The van der Waals surface area contributed by atoms with E-state index in [0.717, 1.165) is 11.1 Å². The molecule has 0 aliphatic rings. The van der Waals surface area contributed by atoms with E-state index in [0.29, 0.717) is 13.1 Å². The average Bonchev–Trinajstić information content (AvgIpc) is 3.04. The van der Waals surface area contributed by atoms with Gasteiger partial charge in [-0.1, -0.05) is 60.7 Å². The van der Waals surface area contributed by atoms with E-state index in [4.69, 9.17) is 0 Å². The molecule has 6 heteroatoms. The Bertz CT molecular complexity index is 863. The number of aryl methyl sites for hydroxylation is 1. The molecule has 0 spiro atoms. The molecule has 0 atom stereocenters. The summed E-state index contributed by atoms with van der Waals surface area (Å²) in [5, 5.41) is 13.4. The first-order chi connectivity index (χ1) is 12.5. The summed E-state index contributed by atoms with van der Waals surface area (Å²) in [6.45, 7) is 0.731. The van der Waals surface area contributed by atoms with E-state index >= 15 is 0 Å². The SMILES string of the molecule is Cn1cc(C(=O)O)c(C(=O)N(Cc2ccccc2)Cc2ccccc2)n1. The van der Waals surface area contributed by atoms with Gasteiger partial charge in [-0.2, -0.15) is 5.10 Å². The molecule has 2 aromatic carbocycles. The third-order valence-corrected chi connectivity index (χ3v) is 3.98. The lowest BCUT2D eigenvalue weighted by Gasteiger charge is -2.22. The minimum Gasteiger partial charge on any atom is -0.478 e. The van der Waals surface area contributed by atoms with Crippen molar-refractivity contribution in [3.05, 3.63) is 89.2 Å². The van der Waals surface area contributed by atoms with Crippen LogP contribution in [0, 0.1) is 0 Å². The lowest BCUT2D eigenvalue weighted by Crippen LogP contribution is -2.31. The number of carbonyl (C=O) groups is 2. The molecule has 3 aromatic rings. The zero-order chi connectivity index (χ0) is 18.5. The lowest BCUT2D eigenvalue weighted by molar-refractivity contribution is 0.0666. The van der Waals surface area contributed by atoms with Crippen LogP contribution in [0.4, 0.5) is 0 Å². The molecule has 6 nitrogen and oxygen atoms in total. The maximum atomic E-state index is 13.1. The molecule has 1 amide bonds. The molecule has 0 saturated carbocycles. The van der Waals surface area contributed by atoms with Crippen LogP contribution in [0.15, 0.2) is 66.9 Å². The zero-order valence-electron chi connectivity index (χ0n) is 14.4. The summed E-state index contributed by atoms with van der Waals surface area (Å²) in [5.74, 6) is -1.57. The summed E-state index contributed by atoms with van der Waals surface area (Å²) in [6, 6.07) is 19.2. The summed E-state index contributed by atoms with van der Waals surface area (Å²) < 4.78 is 1.35. The highest BCUT2D eigenvalue weighted by molar-refractivity contribution is 6.03. The zero-order valence-corrected chi connectivity index (χ0v) is 14.4. The van der Waals surface area contributed by atoms with Crippen LogP contribution in [0.5, 0.6) is 0 Å². The Kier molecular flexibility index (Phi) is 5.12. The number of hydrogen-bond donors (Lipinski definition) is 1. The van der Waals surface area contributed by atoms with E-state index in [9.17, 15) is 14.7 Å². The van der Waals surface area contributed by atoms with Crippen molar-refractivity contribution in [2.24, 2.45) is 7.05 Å². The predicted octanol–water partition coefficient (Wildman–Crippen LogP) is 2.96. The summed E-state index contributed by atoms with van der Waals surface area (Å²) in [6.07, 6.45) is 1.35. The normalized spacial score (nSPS) is 10.5. The number of benzene rings is 2. The highest BCUT2D eigenvalue weighted by Gasteiger charge is 2.26. The van der Waals surface area contributed by atoms with Gasteiger partial charge < -0.3 is 10.0 Å². The van der Waals surface area contributed by atoms with E-state index in [1.54, 1.807) is 11.9 Å². The summed E-state index contributed by atoms with van der Waals surface area (Å²) in [5.41, 5.74) is 1.78. The molecule has 0 aliphatic heterocycles. The third-order valence-electron chi connectivity index (χ3n) is 3.98. The molecule has 1 N–H and O–H groups in total. The molecule has 0 bridgehead atoms. The van der Waals surface area contributed by atoms with Crippen LogP contribution in [0.3, 0.4) is 0 Å². The molecule has 0 unspecified atom stereocenters. The molecular formula is C20H19N3O3. The Morgan fingerprint density at radius 3 is 1.92 bits per heavy atom. The van der Waals surface area contributed by atoms with Gasteiger partial charge in [-0.3, -0.25) is 9.48 Å². The second kappa shape index (κ2) is 7.65. The number of aromatic nitrogens is 2. The number of aromatic carboxylic acids is 1. The van der Waals surface area contributed by atoms with Gasteiger partial charge in [-0.15, -0.1) is 0 Å². The van der Waals surface area contributed by atoms with Crippen molar-refractivity contribution < 1.29 is 14.7 Å². The fourth-order valence-electron chi connectivity index (χ4n) is 2.76. The average molecular weight is 349 g/mol. The maximum Gasteiger partial charge on any atom is 0.339 e. The van der Waals surface area contributed by atoms with Crippen molar-refractivity contribution in [3.8, 4) is 0 Å². The van der Waals surface area contributed by atoms with Gasteiger partial charge in [0.05, 0.1) is 0 Å². The molecule has 0 fully saturated rings. The van der Waals surface area contributed by atoms with Crippen molar-refractivity contribution in [2.45, 2.75) is 13.1 Å². The number of rotatable bonds is 6. The van der Waals surface area contributed by atoms with E-state index in [1.165, 1.54) is 10.9 Å². The monoisotopic (exact) mass is 349 g/mol. The first kappa shape index (κ1) is 17.4. The molecule has 0 saturated heterocycles. The largest absolute Gasteiger partial charge is 0.478 e. The van der Waals surface area contributed by atoms with Crippen molar-refractivity contribution in [1.29, 1.82) is 0 Å². The van der Waals surface area contributed by atoms with Crippen LogP contribution in [-0.2, 0) is 20.1 Å². The van der Waals surface area contributed by atoms with Crippen LogP contribution in [0.2, 0.25) is 0 Å². The van der Waals surface area contributed by atoms with Crippen LogP contribution < -0.4 is 0 Å². The van der Waals surface area contributed by atoms with Gasteiger partial charge >= 0.3 is 5.97 Å². The van der Waals surface area contributed by atoms with Crippen LogP contribution in [0.25, 0.3) is 0 Å². The molecule has 3 rings (SSSR count). The Labute approximate surface area is 151 Å². The molecule has 0 radical (unpaired) electrons. The Morgan fingerprint density at radius 2 is 1.46 bits per heavy atom. The lowest BCUT2D eigenvalue weighted by atomic mass is 10.1. The Hall–Kier alpha value is -3.41. The first-order valence-corrected chi connectivity index (χ1v) is 8.18. The van der Waals surface area contributed by atoms with Gasteiger partial charge in [0.15, 0.2) is 5.69 Å². The second-order valence-electron chi connectivity index (χ2n) is 6.00. The smallest absolute Gasteiger partial charge is 0.339 e. The van der Waals surface area contributed by atoms with Crippen LogP contribution in [0.1, 0.15) is 32.0 Å². The van der Waals surface area contributed by atoms with E-state index < -0.39 is 11.9 Å². The quantitative estimate of drug-likeness (QED) is 0.742. The minimum atomic E-state index is -1.17. The molecular weight excluding hydrogens is 330 g/mol. The molecule has 0 aliphatic carbocycles.